The molecule has 5 heteroatoms. The Morgan fingerprint density at radius 1 is 1.28 bits per heavy atom. The monoisotopic (exact) mass is 248 g/mol. The number of hydrogen-bond acceptors (Lipinski definition) is 4. The second kappa shape index (κ2) is 6.16. The van der Waals surface area contributed by atoms with Gasteiger partial charge in [-0.25, -0.2) is 0 Å². The first-order valence-corrected chi connectivity index (χ1v) is 5.86. The van der Waals surface area contributed by atoms with Crippen LogP contribution >= 0.6 is 0 Å². The van der Waals surface area contributed by atoms with Gasteiger partial charge in [-0.05, 0) is 24.3 Å². The summed E-state index contributed by atoms with van der Waals surface area (Å²) in [7, 11) is 1.63. The highest BCUT2D eigenvalue weighted by molar-refractivity contribution is 6.45. The minimum atomic E-state index is -0.116. The van der Waals surface area contributed by atoms with Gasteiger partial charge in [0.2, 0.25) is 0 Å². The number of nitrogens with one attached hydrogen (secondary N) is 1. The van der Waals surface area contributed by atoms with Crippen LogP contribution in [0.1, 0.15) is 5.56 Å². The van der Waals surface area contributed by atoms with Gasteiger partial charge in [-0.1, -0.05) is 0 Å². The molecular formula is C13H16N2O3. The summed E-state index contributed by atoms with van der Waals surface area (Å²) in [6, 6.07) is 7.34. The minimum absolute atomic E-state index is 0.116. The van der Waals surface area contributed by atoms with Gasteiger partial charge in [0.15, 0.2) is 0 Å². The van der Waals surface area contributed by atoms with Crippen LogP contribution in [0.25, 0.3) is 0 Å². The van der Waals surface area contributed by atoms with Crippen LogP contribution in [0.2, 0.25) is 0 Å². The second-order valence-corrected chi connectivity index (χ2v) is 3.85. The fraction of sp³-hybridized carbons (Fsp3) is 0.385. The summed E-state index contributed by atoms with van der Waals surface area (Å²) in [6.07, 6.45) is 0. The molecule has 18 heavy (non-hydrogen) atoms. The van der Waals surface area contributed by atoms with E-state index in [1.807, 2.05) is 24.3 Å². The van der Waals surface area contributed by atoms with E-state index < -0.39 is 0 Å². The Kier molecular flexibility index (Phi) is 4.30. The Labute approximate surface area is 106 Å². The van der Waals surface area contributed by atoms with Gasteiger partial charge in [-0.15, -0.1) is 0 Å². The van der Waals surface area contributed by atoms with Crippen molar-refractivity contribution in [1.82, 2.24) is 5.32 Å². The van der Waals surface area contributed by atoms with Gasteiger partial charge in [-0.3, -0.25) is 9.79 Å². The maximum Gasteiger partial charge on any atom is 0.270 e. The van der Waals surface area contributed by atoms with Crippen LogP contribution in [-0.4, -0.2) is 45.0 Å². The molecule has 1 aromatic rings. The summed E-state index contributed by atoms with van der Waals surface area (Å²) in [5, 5.41) is 2.77. The molecule has 0 spiro atoms. The lowest BCUT2D eigenvalue weighted by molar-refractivity contribution is -0.114. The van der Waals surface area contributed by atoms with Crippen molar-refractivity contribution in [2.75, 3.05) is 33.4 Å². The lowest BCUT2D eigenvalue weighted by atomic mass is 10.1. The lowest BCUT2D eigenvalue weighted by Crippen LogP contribution is -2.37. The highest BCUT2D eigenvalue weighted by atomic mass is 16.5. The minimum Gasteiger partial charge on any atom is -0.491 e. The molecule has 0 bridgehead atoms. The van der Waals surface area contributed by atoms with E-state index >= 15 is 0 Å². The van der Waals surface area contributed by atoms with Crippen LogP contribution < -0.4 is 10.1 Å². The van der Waals surface area contributed by atoms with Crippen molar-refractivity contribution in [2.45, 2.75) is 0 Å². The molecule has 1 aromatic carbocycles. The number of ether oxygens (including phenoxy) is 2. The van der Waals surface area contributed by atoms with Crippen molar-refractivity contribution in [1.29, 1.82) is 0 Å². The molecule has 2 rings (SSSR count). The summed E-state index contributed by atoms with van der Waals surface area (Å²) in [6.45, 7) is 2.31. The van der Waals surface area contributed by atoms with E-state index in [-0.39, 0.29) is 5.91 Å². The van der Waals surface area contributed by atoms with E-state index in [4.69, 9.17) is 9.47 Å². The van der Waals surface area contributed by atoms with E-state index in [0.29, 0.717) is 32.0 Å². The van der Waals surface area contributed by atoms with Crippen LogP contribution in [0.15, 0.2) is 29.3 Å². The molecule has 0 aliphatic carbocycles. The maximum atomic E-state index is 11.6. The van der Waals surface area contributed by atoms with Crippen molar-refractivity contribution in [3.8, 4) is 5.75 Å². The van der Waals surface area contributed by atoms with Gasteiger partial charge in [0.1, 0.15) is 18.1 Å². The van der Waals surface area contributed by atoms with Crippen LogP contribution in [-0.2, 0) is 9.53 Å². The number of amides is 1. The van der Waals surface area contributed by atoms with Gasteiger partial charge in [-0.2, -0.15) is 0 Å². The van der Waals surface area contributed by atoms with Gasteiger partial charge in [0.25, 0.3) is 5.91 Å². The molecular weight excluding hydrogens is 232 g/mol. The Balaban J connectivity index is 2.03. The van der Waals surface area contributed by atoms with Crippen molar-refractivity contribution in [3.63, 3.8) is 0 Å². The number of benzene rings is 1. The van der Waals surface area contributed by atoms with Crippen LogP contribution in [0.4, 0.5) is 0 Å². The maximum absolute atomic E-state index is 11.6. The zero-order valence-corrected chi connectivity index (χ0v) is 10.3. The van der Waals surface area contributed by atoms with Gasteiger partial charge < -0.3 is 14.8 Å². The first-order chi connectivity index (χ1) is 8.81. The quantitative estimate of drug-likeness (QED) is 0.777. The zero-order valence-electron chi connectivity index (χ0n) is 10.3. The van der Waals surface area contributed by atoms with Crippen molar-refractivity contribution < 1.29 is 14.3 Å². The van der Waals surface area contributed by atoms with Crippen molar-refractivity contribution in [2.24, 2.45) is 4.99 Å². The van der Waals surface area contributed by atoms with Crippen LogP contribution in [0.3, 0.4) is 0 Å². The normalized spacial score (nSPS) is 14.9. The number of hydrogen-bond donors (Lipinski definition) is 1. The first kappa shape index (κ1) is 12.6. The predicted molar refractivity (Wildman–Crippen MR) is 68.2 cm³/mol. The third-order valence-corrected chi connectivity index (χ3v) is 2.57. The molecule has 0 aromatic heterocycles. The molecule has 1 aliphatic rings. The van der Waals surface area contributed by atoms with Crippen molar-refractivity contribution >= 4 is 11.6 Å². The molecule has 1 N–H and O–H groups in total. The second-order valence-electron chi connectivity index (χ2n) is 3.85. The van der Waals surface area contributed by atoms with E-state index in [1.165, 1.54) is 0 Å². The average Bonchev–Trinajstić information content (AvgIpc) is 2.41. The number of carbonyl (C=O) groups is 1. The van der Waals surface area contributed by atoms with Crippen LogP contribution in [0.5, 0.6) is 5.75 Å². The molecule has 1 aliphatic heterocycles. The molecule has 1 amide bonds. The third kappa shape index (κ3) is 3.07. The Hall–Kier alpha value is -1.88. The summed E-state index contributed by atoms with van der Waals surface area (Å²) in [5.41, 5.74) is 1.30. The lowest BCUT2D eigenvalue weighted by Gasteiger charge is -2.13. The molecule has 0 saturated heterocycles. The summed E-state index contributed by atoms with van der Waals surface area (Å²) < 4.78 is 10.3. The first-order valence-electron chi connectivity index (χ1n) is 5.86. The fourth-order valence-corrected chi connectivity index (χ4v) is 1.67. The molecule has 0 fully saturated rings. The van der Waals surface area contributed by atoms with E-state index in [0.717, 1.165) is 11.3 Å². The van der Waals surface area contributed by atoms with Crippen molar-refractivity contribution in [3.05, 3.63) is 29.8 Å². The molecule has 0 saturated carbocycles. The largest absolute Gasteiger partial charge is 0.491 e. The standard InChI is InChI=1S/C13H16N2O3/c1-17-8-9-18-11-4-2-10(3-5-11)12-13(16)15-7-6-14-12/h2-5H,6-9H2,1H3,(H,15,16). The molecule has 0 atom stereocenters. The van der Waals surface area contributed by atoms with Gasteiger partial charge in [0, 0.05) is 19.2 Å². The Morgan fingerprint density at radius 2 is 2.06 bits per heavy atom. The number of carbonyl (C=O) groups excluding carboxylic acids is 1. The average molecular weight is 248 g/mol. The van der Waals surface area contributed by atoms with E-state index in [9.17, 15) is 4.79 Å². The molecule has 1 heterocycles. The number of aliphatic imine (C=N–C) groups is 1. The van der Waals surface area contributed by atoms with E-state index in [1.54, 1.807) is 7.11 Å². The molecule has 0 unspecified atom stereocenters. The zero-order chi connectivity index (χ0) is 12.8. The van der Waals surface area contributed by atoms with Crippen LogP contribution in [0, 0.1) is 0 Å². The smallest absolute Gasteiger partial charge is 0.270 e. The predicted octanol–water partition coefficient (Wildman–Crippen LogP) is 0.631. The van der Waals surface area contributed by atoms with Gasteiger partial charge in [0.05, 0.1) is 13.2 Å². The highest BCUT2D eigenvalue weighted by Crippen LogP contribution is 2.13. The fourth-order valence-electron chi connectivity index (χ4n) is 1.67. The van der Waals surface area contributed by atoms with E-state index in [2.05, 4.69) is 10.3 Å². The number of methoxy groups -OCH3 is 1. The highest BCUT2D eigenvalue weighted by Gasteiger charge is 2.16. The molecule has 96 valence electrons. The summed E-state index contributed by atoms with van der Waals surface area (Å²) >= 11 is 0. The summed E-state index contributed by atoms with van der Waals surface area (Å²) in [4.78, 5) is 15.8. The Morgan fingerprint density at radius 3 is 2.72 bits per heavy atom. The topological polar surface area (TPSA) is 59.9 Å². The number of nitrogens with zero attached hydrogens (tertiary/aromatic N) is 1. The SMILES string of the molecule is COCCOc1ccc(C2=NCCNC2=O)cc1. The third-order valence-electron chi connectivity index (χ3n) is 2.57. The summed E-state index contributed by atoms with van der Waals surface area (Å²) in [5.74, 6) is 0.641. The number of rotatable bonds is 5. The Bertz CT molecular complexity index is 440. The molecule has 5 nitrogen and oxygen atoms in total. The van der Waals surface area contributed by atoms with Gasteiger partial charge >= 0.3 is 0 Å². The molecule has 0 radical (unpaired) electrons.